The highest BCUT2D eigenvalue weighted by Crippen LogP contribution is 2.28. The van der Waals surface area contributed by atoms with Gasteiger partial charge in [0.05, 0.1) is 6.54 Å². The Kier molecular flexibility index (Phi) is 4.03. The first-order chi connectivity index (χ1) is 6.15. The lowest BCUT2D eigenvalue weighted by molar-refractivity contribution is -0.668. The van der Waals surface area contributed by atoms with Gasteiger partial charge in [0, 0.05) is 15.1 Å². The van der Waals surface area contributed by atoms with E-state index in [9.17, 15) is 5.11 Å². The molecule has 0 spiro atoms. The Morgan fingerprint density at radius 2 is 2.23 bits per heavy atom. The summed E-state index contributed by atoms with van der Waals surface area (Å²) in [6.07, 6.45) is 0. The molecule has 0 fully saturated rings. The molecule has 2 N–H and O–H groups in total. The smallest absolute Gasteiger partial charge is 0.101 e. The zero-order valence-corrected chi connectivity index (χ0v) is 9.65. The van der Waals surface area contributed by atoms with Crippen LogP contribution in [0.3, 0.4) is 0 Å². The first-order valence-electron chi connectivity index (χ1n) is 4.11. The van der Waals surface area contributed by atoms with E-state index in [1.807, 2.05) is 6.92 Å². The standard InChI is InChI=1S/C9H11BrClNO/c1-2-12-5-6-3-7(11)4-8(10)9(6)13/h3-4,12-13H,2,5H2,1H3. The van der Waals surface area contributed by atoms with Gasteiger partial charge in [-0.1, -0.05) is 33.3 Å². The molecule has 0 atom stereocenters. The third-order valence-corrected chi connectivity index (χ3v) is 2.55. The van der Waals surface area contributed by atoms with Crippen LogP contribution in [0, 0.1) is 0 Å². The van der Waals surface area contributed by atoms with Crippen LogP contribution >= 0.6 is 27.5 Å². The lowest BCUT2D eigenvalue weighted by atomic mass is 10.2. The summed E-state index contributed by atoms with van der Waals surface area (Å²) in [6.45, 7) is 3.70. The predicted molar refractivity (Wildman–Crippen MR) is 54.8 cm³/mol. The molecule has 0 radical (unpaired) electrons. The molecule has 0 saturated heterocycles. The molecule has 1 rings (SSSR count). The fourth-order valence-corrected chi connectivity index (χ4v) is 1.94. The van der Waals surface area contributed by atoms with Gasteiger partial charge in [0.15, 0.2) is 0 Å². The van der Waals surface area contributed by atoms with Gasteiger partial charge in [-0.05, 0) is 19.1 Å². The van der Waals surface area contributed by atoms with Crippen LogP contribution in [-0.2, 0) is 6.54 Å². The average Bonchev–Trinajstić information content (AvgIpc) is 2.09. The molecule has 1 aromatic carbocycles. The van der Waals surface area contributed by atoms with Crippen molar-refractivity contribution in [2.24, 2.45) is 0 Å². The molecule has 0 heterocycles. The Labute approximate surface area is 91.0 Å². The molecule has 0 unspecified atom stereocenters. The Bertz CT molecular complexity index is 304. The molecule has 0 aromatic heterocycles. The minimum Gasteiger partial charge on any atom is -0.871 e. The number of hydrogen-bond donors (Lipinski definition) is 1. The van der Waals surface area contributed by atoms with Crippen LogP contribution in [0.25, 0.3) is 0 Å². The Balaban J connectivity index is 2.92. The number of rotatable bonds is 3. The summed E-state index contributed by atoms with van der Waals surface area (Å²) in [4.78, 5) is 0. The van der Waals surface area contributed by atoms with E-state index in [0.717, 1.165) is 12.1 Å². The molecular formula is C9H11BrClNO. The number of benzene rings is 1. The summed E-state index contributed by atoms with van der Waals surface area (Å²) in [6, 6.07) is 3.35. The largest absolute Gasteiger partial charge is 0.871 e. The van der Waals surface area contributed by atoms with Crippen molar-refractivity contribution in [2.75, 3.05) is 6.54 Å². The topological polar surface area (TPSA) is 39.7 Å². The summed E-state index contributed by atoms with van der Waals surface area (Å²) >= 11 is 9.00. The van der Waals surface area contributed by atoms with E-state index >= 15 is 0 Å². The second kappa shape index (κ2) is 4.84. The van der Waals surface area contributed by atoms with E-state index in [4.69, 9.17) is 11.6 Å². The van der Waals surface area contributed by atoms with Crippen molar-refractivity contribution in [2.45, 2.75) is 13.5 Å². The van der Waals surface area contributed by atoms with Crippen LogP contribution in [0.4, 0.5) is 0 Å². The van der Waals surface area contributed by atoms with E-state index < -0.39 is 0 Å². The second-order valence-electron chi connectivity index (χ2n) is 2.78. The first kappa shape index (κ1) is 10.8. The maximum absolute atomic E-state index is 11.5. The molecule has 0 aliphatic carbocycles. The highest BCUT2D eigenvalue weighted by Gasteiger charge is 2.01. The lowest BCUT2D eigenvalue weighted by Gasteiger charge is -2.14. The Morgan fingerprint density at radius 3 is 2.85 bits per heavy atom. The molecule has 0 aliphatic rings. The minimum absolute atomic E-state index is 0.0362. The van der Waals surface area contributed by atoms with E-state index in [2.05, 4.69) is 21.2 Å². The van der Waals surface area contributed by atoms with Crippen LogP contribution in [0.1, 0.15) is 12.5 Å². The normalized spacial score (nSPS) is 10.4. The van der Waals surface area contributed by atoms with Gasteiger partial charge < -0.3 is 10.4 Å². The highest BCUT2D eigenvalue weighted by molar-refractivity contribution is 9.10. The van der Waals surface area contributed by atoms with Crippen molar-refractivity contribution >= 4 is 27.5 Å². The zero-order valence-electron chi connectivity index (χ0n) is 7.31. The molecule has 72 valence electrons. The Morgan fingerprint density at radius 1 is 1.54 bits per heavy atom. The lowest BCUT2D eigenvalue weighted by Crippen LogP contribution is -2.81. The average molecular weight is 265 g/mol. The van der Waals surface area contributed by atoms with Crippen molar-refractivity contribution in [1.82, 2.24) is 0 Å². The maximum Gasteiger partial charge on any atom is 0.101 e. The van der Waals surface area contributed by atoms with E-state index in [1.165, 1.54) is 0 Å². The summed E-state index contributed by atoms with van der Waals surface area (Å²) in [5.74, 6) is 0.0362. The van der Waals surface area contributed by atoms with Crippen molar-refractivity contribution < 1.29 is 10.4 Å². The maximum atomic E-state index is 11.5. The summed E-state index contributed by atoms with van der Waals surface area (Å²) in [5.41, 5.74) is 0.751. The highest BCUT2D eigenvalue weighted by atomic mass is 79.9. The van der Waals surface area contributed by atoms with Crippen molar-refractivity contribution in [3.05, 3.63) is 27.2 Å². The summed E-state index contributed by atoms with van der Waals surface area (Å²) < 4.78 is 0.541. The van der Waals surface area contributed by atoms with E-state index in [1.54, 1.807) is 12.1 Å². The molecular weight excluding hydrogens is 253 g/mol. The molecule has 0 amide bonds. The molecule has 0 aliphatic heterocycles. The molecule has 2 nitrogen and oxygen atoms in total. The molecule has 4 heteroatoms. The van der Waals surface area contributed by atoms with Gasteiger partial charge in [-0.25, -0.2) is 0 Å². The fourth-order valence-electron chi connectivity index (χ4n) is 1.07. The monoisotopic (exact) mass is 263 g/mol. The van der Waals surface area contributed by atoms with Crippen LogP contribution in [0.15, 0.2) is 16.6 Å². The van der Waals surface area contributed by atoms with Gasteiger partial charge in [0.25, 0.3) is 0 Å². The van der Waals surface area contributed by atoms with Gasteiger partial charge >= 0.3 is 0 Å². The summed E-state index contributed by atoms with van der Waals surface area (Å²) in [7, 11) is 0. The number of quaternary nitrogens is 1. The quantitative estimate of drug-likeness (QED) is 0.877. The van der Waals surface area contributed by atoms with Crippen molar-refractivity contribution in [3.63, 3.8) is 0 Å². The van der Waals surface area contributed by atoms with Crippen molar-refractivity contribution in [3.8, 4) is 5.75 Å². The van der Waals surface area contributed by atoms with Crippen LogP contribution < -0.4 is 10.4 Å². The third kappa shape index (κ3) is 2.86. The molecule has 13 heavy (non-hydrogen) atoms. The zero-order chi connectivity index (χ0) is 9.84. The van der Waals surface area contributed by atoms with E-state index in [-0.39, 0.29) is 5.75 Å². The van der Waals surface area contributed by atoms with Gasteiger partial charge in [-0.2, -0.15) is 0 Å². The summed E-state index contributed by atoms with van der Waals surface area (Å²) in [5, 5.41) is 14.2. The molecule has 1 aromatic rings. The number of nitrogens with two attached hydrogens (primary N) is 1. The van der Waals surface area contributed by atoms with Gasteiger partial charge in [-0.3, -0.25) is 0 Å². The van der Waals surface area contributed by atoms with Crippen molar-refractivity contribution in [1.29, 1.82) is 0 Å². The van der Waals surface area contributed by atoms with E-state index in [0.29, 0.717) is 16.0 Å². The minimum atomic E-state index is 0.0362. The predicted octanol–water partition coefficient (Wildman–Crippen LogP) is 1.26. The SMILES string of the molecule is CC[NH2+]Cc1cc(Cl)cc(Br)c1[O-]. The fraction of sp³-hybridized carbons (Fsp3) is 0.333. The third-order valence-electron chi connectivity index (χ3n) is 1.74. The molecule has 0 saturated carbocycles. The second-order valence-corrected chi connectivity index (χ2v) is 4.07. The van der Waals surface area contributed by atoms with Crippen LogP contribution in [0.2, 0.25) is 5.02 Å². The number of hydrogen-bond acceptors (Lipinski definition) is 1. The van der Waals surface area contributed by atoms with Gasteiger partial charge in [0.1, 0.15) is 6.54 Å². The Hall–Kier alpha value is -0.250. The van der Waals surface area contributed by atoms with Gasteiger partial charge in [0.2, 0.25) is 0 Å². The molecule has 0 bridgehead atoms. The van der Waals surface area contributed by atoms with Crippen LogP contribution in [0.5, 0.6) is 5.75 Å². The van der Waals surface area contributed by atoms with Crippen LogP contribution in [-0.4, -0.2) is 6.54 Å². The number of halogens is 2. The first-order valence-corrected chi connectivity index (χ1v) is 5.28. The van der Waals surface area contributed by atoms with Gasteiger partial charge in [-0.15, -0.1) is 0 Å².